The van der Waals surface area contributed by atoms with Crippen LogP contribution in [0.1, 0.15) is 39.4 Å². The molecule has 0 atom stereocenters. The molecule has 0 aliphatic heterocycles. The monoisotopic (exact) mass is 414 g/mol. The number of nitrogens with zero attached hydrogens (tertiary/aromatic N) is 4. The Bertz CT molecular complexity index is 1310. The van der Waals surface area contributed by atoms with Gasteiger partial charge in [-0.1, -0.05) is 12.1 Å². The van der Waals surface area contributed by atoms with Crippen LogP contribution in [0.15, 0.2) is 67.0 Å². The van der Waals surface area contributed by atoms with Crippen LogP contribution >= 0.6 is 0 Å². The molecule has 4 aromatic rings. The van der Waals surface area contributed by atoms with Crippen LogP contribution in [0.2, 0.25) is 0 Å². The lowest BCUT2D eigenvalue weighted by Gasteiger charge is -2.08. The molecule has 0 aliphatic rings. The van der Waals surface area contributed by atoms with Gasteiger partial charge in [0, 0.05) is 36.4 Å². The van der Waals surface area contributed by atoms with E-state index in [9.17, 15) is 19.7 Å². The molecule has 2 aromatic heterocycles. The van der Waals surface area contributed by atoms with Gasteiger partial charge in [-0.25, -0.2) is 4.98 Å². The number of benzene rings is 2. The standard InChI is InChI=1S/C23H18N4O4/c1-15-25-19-14-24-13-12-21(19)26(15)17-8-6-16(7-9-17)22(28)10-11-23(29)18-4-2-3-5-20(18)27(30)31/h2-9,12-14H,10-11H2,1H3. The van der Waals surface area contributed by atoms with Gasteiger partial charge in [0.2, 0.25) is 0 Å². The average Bonchev–Trinajstić information content (AvgIpc) is 3.13. The molecule has 0 saturated heterocycles. The molecule has 0 bridgehead atoms. The SMILES string of the molecule is Cc1nc2cnccc2n1-c1ccc(C(=O)CCC(=O)c2ccccc2[N+](=O)[O-])cc1. The van der Waals surface area contributed by atoms with E-state index >= 15 is 0 Å². The van der Waals surface area contributed by atoms with Gasteiger partial charge in [-0.3, -0.25) is 29.3 Å². The van der Waals surface area contributed by atoms with Crippen LogP contribution < -0.4 is 0 Å². The lowest BCUT2D eigenvalue weighted by atomic mass is 10.0. The Labute approximate surface area is 177 Å². The van der Waals surface area contributed by atoms with Crippen LogP contribution in [0.5, 0.6) is 0 Å². The summed E-state index contributed by atoms with van der Waals surface area (Å²) in [5, 5.41) is 11.1. The summed E-state index contributed by atoms with van der Waals surface area (Å²) in [4.78, 5) is 44.1. The lowest BCUT2D eigenvalue weighted by molar-refractivity contribution is -0.385. The Morgan fingerprint density at radius 3 is 2.45 bits per heavy atom. The van der Waals surface area contributed by atoms with E-state index in [4.69, 9.17) is 0 Å². The number of imidazole rings is 1. The normalized spacial score (nSPS) is 10.9. The molecular weight excluding hydrogens is 396 g/mol. The third-order valence-corrected chi connectivity index (χ3v) is 5.05. The van der Waals surface area contributed by atoms with Gasteiger partial charge in [0.05, 0.1) is 22.2 Å². The van der Waals surface area contributed by atoms with E-state index in [1.165, 1.54) is 18.2 Å². The highest BCUT2D eigenvalue weighted by Crippen LogP contribution is 2.22. The Kier molecular flexibility index (Phi) is 5.36. The molecule has 8 nitrogen and oxygen atoms in total. The third kappa shape index (κ3) is 3.95. The van der Waals surface area contributed by atoms with Crippen LogP contribution in [-0.2, 0) is 0 Å². The molecule has 0 N–H and O–H groups in total. The molecule has 0 aliphatic carbocycles. The van der Waals surface area contributed by atoms with Gasteiger partial charge in [0.15, 0.2) is 11.6 Å². The summed E-state index contributed by atoms with van der Waals surface area (Å²) >= 11 is 0. The number of carbonyl (C=O) groups is 2. The molecule has 0 fully saturated rings. The zero-order valence-corrected chi connectivity index (χ0v) is 16.7. The van der Waals surface area contributed by atoms with Crippen LogP contribution in [0.25, 0.3) is 16.7 Å². The van der Waals surface area contributed by atoms with Gasteiger partial charge < -0.3 is 0 Å². The first-order chi connectivity index (χ1) is 15.0. The van der Waals surface area contributed by atoms with Crippen molar-refractivity contribution in [3.63, 3.8) is 0 Å². The van der Waals surface area contributed by atoms with Gasteiger partial charge in [0.1, 0.15) is 11.3 Å². The summed E-state index contributed by atoms with van der Waals surface area (Å²) in [7, 11) is 0. The first-order valence-corrected chi connectivity index (χ1v) is 9.65. The Morgan fingerprint density at radius 1 is 1.00 bits per heavy atom. The number of rotatable bonds is 7. The molecule has 0 unspecified atom stereocenters. The van der Waals surface area contributed by atoms with Gasteiger partial charge in [-0.15, -0.1) is 0 Å². The first kappa shape index (κ1) is 20.1. The summed E-state index contributed by atoms with van der Waals surface area (Å²) in [6.07, 6.45) is 3.28. The first-order valence-electron chi connectivity index (χ1n) is 9.65. The molecule has 0 spiro atoms. The van der Waals surface area contributed by atoms with Crippen molar-refractivity contribution in [2.24, 2.45) is 0 Å². The highest BCUT2D eigenvalue weighted by atomic mass is 16.6. The Balaban J connectivity index is 1.49. The predicted octanol–water partition coefficient (Wildman–Crippen LogP) is 4.48. The van der Waals surface area contributed by atoms with E-state index in [1.807, 2.05) is 29.7 Å². The molecule has 31 heavy (non-hydrogen) atoms. The fourth-order valence-corrected chi connectivity index (χ4v) is 3.55. The van der Waals surface area contributed by atoms with Crippen molar-refractivity contribution >= 4 is 28.3 Å². The number of nitro groups is 1. The molecule has 8 heteroatoms. The molecule has 0 amide bonds. The zero-order valence-electron chi connectivity index (χ0n) is 16.7. The second kappa shape index (κ2) is 8.27. The molecule has 154 valence electrons. The number of ketones is 2. The minimum atomic E-state index is -0.592. The number of aromatic nitrogens is 3. The molecule has 0 radical (unpaired) electrons. The minimum Gasteiger partial charge on any atom is -0.296 e. The molecule has 2 aromatic carbocycles. The molecule has 4 rings (SSSR count). The molecule has 2 heterocycles. The third-order valence-electron chi connectivity index (χ3n) is 5.05. The second-order valence-electron chi connectivity index (χ2n) is 7.03. The summed E-state index contributed by atoms with van der Waals surface area (Å²) < 4.78 is 1.98. The maximum atomic E-state index is 12.6. The number of Topliss-reactive ketones (excluding diaryl/α,β-unsaturated/α-hetero) is 2. The number of hydrogen-bond donors (Lipinski definition) is 0. The fraction of sp³-hybridized carbons (Fsp3) is 0.130. The van der Waals surface area contributed by atoms with Crippen molar-refractivity contribution in [3.05, 3.63) is 94.1 Å². The van der Waals surface area contributed by atoms with Gasteiger partial charge >= 0.3 is 0 Å². The Hall–Kier alpha value is -4.20. The predicted molar refractivity (Wildman–Crippen MR) is 115 cm³/mol. The largest absolute Gasteiger partial charge is 0.296 e. The zero-order chi connectivity index (χ0) is 22.0. The highest BCUT2D eigenvalue weighted by Gasteiger charge is 2.20. The minimum absolute atomic E-state index is 0.0209. The van der Waals surface area contributed by atoms with E-state index in [0.717, 1.165) is 22.5 Å². The van der Waals surface area contributed by atoms with Crippen LogP contribution in [0, 0.1) is 17.0 Å². The van der Waals surface area contributed by atoms with Crippen molar-refractivity contribution in [3.8, 4) is 5.69 Å². The van der Waals surface area contributed by atoms with E-state index in [0.29, 0.717) is 5.56 Å². The van der Waals surface area contributed by atoms with Crippen molar-refractivity contribution in [1.82, 2.24) is 14.5 Å². The summed E-state index contributed by atoms with van der Waals surface area (Å²) in [5.41, 5.74) is 2.81. The number of carbonyl (C=O) groups excluding carboxylic acids is 2. The fourth-order valence-electron chi connectivity index (χ4n) is 3.55. The number of nitro benzene ring substituents is 1. The van der Waals surface area contributed by atoms with Crippen molar-refractivity contribution < 1.29 is 14.5 Å². The quantitative estimate of drug-likeness (QED) is 0.251. The van der Waals surface area contributed by atoms with Crippen LogP contribution in [-0.4, -0.2) is 31.0 Å². The van der Waals surface area contributed by atoms with Crippen molar-refractivity contribution in [2.75, 3.05) is 0 Å². The number of hydrogen-bond acceptors (Lipinski definition) is 6. The van der Waals surface area contributed by atoms with Crippen molar-refractivity contribution in [2.45, 2.75) is 19.8 Å². The molecule has 0 saturated carbocycles. The Morgan fingerprint density at radius 2 is 1.71 bits per heavy atom. The lowest BCUT2D eigenvalue weighted by Crippen LogP contribution is -2.07. The van der Waals surface area contributed by atoms with E-state index < -0.39 is 10.7 Å². The van der Waals surface area contributed by atoms with Gasteiger partial charge in [-0.2, -0.15) is 0 Å². The topological polar surface area (TPSA) is 108 Å². The maximum absolute atomic E-state index is 12.6. The van der Waals surface area contributed by atoms with Crippen molar-refractivity contribution in [1.29, 1.82) is 0 Å². The summed E-state index contributed by atoms with van der Waals surface area (Å²) in [6.45, 7) is 1.90. The van der Waals surface area contributed by atoms with E-state index in [1.54, 1.807) is 30.6 Å². The molecular formula is C23H18N4O4. The van der Waals surface area contributed by atoms with Gasteiger partial charge in [-0.05, 0) is 43.3 Å². The number of fused-ring (bicyclic) bond motifs is 1. The van der Waals surface area contributed by atoms with Crippen LogP contribution in [0.3, 0.4) is 0 Å². The van der Waals surface area contributed by atoms with Gasteiger partial charge in [0.25, 0.3) is 5.69 Å². The number of aryl methyl sites for hydroxylation is 1. The second-order valence-corrected chi connectivity index (χ2v) is 7.03. The van der Waals surface area contributed by atoms with Crippen LogP contribution in [0.4, 0.5) is 5.69 Å². The smallest absolute Gasteiger partial charge is 0.280 e. The number of pyridine rings is 1. The summed E-state index contributed by atoms with van der Waals surface area (Å²) in [6, 6.07) is 14.7. The highest BCUT2D eigenvalue weighted by molar-refractivity contribution is 6.04. The maximum Gasteiger partial charge on any atom is 0.280 e. The van der Waals surface area contributed by atoms with E-state index in [2.05, 4.69) is 9.97 Å². The summed E-state index contributed by atoms with van der Waals surface area (Å²) in [5.74, 6) is 0.179. The number of para-hydroxylation sites is 1. The van der Waals surface area contributed by atoms with E-state index in [-0.39, 0.29) is 29.9 Å². The average molecular weight is 414 g/mol.